The number of nitro groups is 1. The zero-order valence-corrected chi connectivity index (χ0v) is 12.6. The maximum absolute atomic E-state index is 12.2. The molecule has 0 saturated carbocycles. The highest BCUT2D eigenvalue weighted by Gasteiger charge is 2.19. The van der Waals surface area contributed by atoms with E-state index in [-0.39, 0.29) is 26.3 Å². The van der Waals surface area contributed by atoms with Crippen molar-refractivity contribution in [1.29, 1.82) is 0 Å². The second-order valence-corrected chi connectivity index (χ2v) is 6.43. The van der Waals surface area contributed by atoms with E-state index in [9.17, 15) is 18.5 Å². The molecule has 0 aliphatic carbocycles. The predicted molar refractivity (Wildman–Crippen MR) is 80.4 cm³/mol. The normalized spacial score (nSPS) is 11.1. The van der Waals surface area contributed by atoms with Gasteiger partial charge >= 0.3 is 0 Å². The molecule has 0 heterocycles. The lowest BCUT2D eigenvalue weighted by atomic mass is 10.3. The van der Waals surface area contributed by atoms with Gasteiger partial charge in [-0.05, 0) is 18.2 Å². The molecule has 9 heteroatoms. The minimum absolute atomic E-state index is 0.0492. The SMILES string of the molecule is O=[N+]([O-])c1cccc(S(=O)(=O)Nc2cccc(Cl)c2Cl)c1. The van der Waals surface area contributed by atoms with Crippen molar-refractivity contribution in [2.75, 3.05) is 4.72 Å². The lowest BCUT2D eigenvalue weighted by Gasteiger charge is -2.10. The number of nitrogens with one attached hydrogen (secondary N) is 1. The van der Waals surface area contributed by atoms with Gasteiger partial charge in [-0.3, -0.25) is 14.8 Å². The van der Waals surface area contributed by atoms with Gasteiger partial charge in [0.05, 0.1) is 25.6 Å². The van der Waals surface area contributed by atoms with Crippen LogP contribution in [0.25, 0.3) is 0 Å². The number of anilines is 1. The summed E-state index contributed by atoms with van der Waals surface area (Å²) in [6, 6.07) is 9.16. The largest absolute Gasteiger partial charge is 0.278 e. The summed E-state index contributed by atoms with van der Waals surface area (Å²) in [5, 5.41) is 10.9. The van der Waals surface area contributed by atoms with E-state index in [0.29, 0.717) is 0 Å². The van der Waals surface area contributed by atoms with Crippen LogP contribution in [-0.4, -0.2) is 13.3 Å². The van der Waals surface area contributed by atoms with Crippen LogP contribution in [0.3, 0.4) is 0 Å². The number of rotatable bonds is 4. The number of hydrogen-bond acceptors (Lipinski definition) is 4. The quantitative estimate of drug-likeness (QED) is 0.674. The first-order valence-corrected chi connectivity index (χ1v) is 7.76. The minimum Gasteiger partial charge on any atom is -0.278 e. The molecule has 0 bridgehead atoms. The highest BCUT2D eigenvalue weighted by Crippen LogP contribution is 2.31. The van der Waals surface area contributed by atoms with E-state index < -0.39 is 14.9 Å². The van der Waals surface area contributed by atoms with E-state index in [2.05, 4.69) is 4.72 Å². The summed E-state index contributed by atoms with van der Waals surface area (Å²) in [7, 11) is -4.01. The van der Waals surface area contributed by atoms with E-state index in [1.165, 1.54) is 36.4 Å². The van der Waals surface area contributed by atoms with Crippen molar-refractivity contribution in [1.82, 2.24) is 0 Å². The molecule has 2 aromatic rings. The van der Waals surface area contributed by atoms with E-state index in [1.54, 1.807) is 0 Å². The molecule has 0 unspecified atom stereocenters. The standard InChI is InChI=1S/C12H8Cl2N2O4S/c13-10-5-2-6-11(12(10)14)15-21(19,20)9-4-1-3-8(7-9)16(17)18/h1-7,15H. The van der Waals surface area contributed by atoms with Gasteiger partial charge in [0.25, 0.3) is 15.7 Å². The molecule has 0 aromatic heterocycles. The van der Waals surface area contributed by atoms with Crippen molar-refractivity contribution in [3.05, 3.63) is 62.6 Å². The van der Waals surface area contributed by atoms with E-state index >= 15 is 0 Å². The third-order valence-corrected chi connectivity index (χ3v) is 4.72. The van der Waals surface area contributed by atoms with E-state index in [1.807, 2.05) is 0 Å². The average molecular weight is 347 g/mol. The van der Waals surface area contributed by atoms with Gasteiger partial charge in [0, 0.05) is 12.1 Å². The Morgan fingerprint density at radius 1 is 1.10 bits per heavy atom. The summed E-state index contributed by atoms with van der Waals surface area (Å²) in [4.78, 5) is 9.77. The van der Waals surface area contributed by atoms with Crippen LogP contribution in [0.2, 0.25) is 10.0 Å². The molecule has 0 fully saturated rings. The molecular formula is C12H8Cl2N2O4S. The smallest absolute Gasteiger partial charge is 0.270 e. The summed E-state index contributed by atoms with van der Waals surface area (Å²) in [5.74, 6) is 0. The molecule has 0 aliphatic rings. The van der Waals surface area contributed by atoms with Crippen molar-refractivity contribution < 1.29 is 13.3 Å². The van der Waals surface area contributed by atoms with Crippen LogP contribution in [0.15, 0.2) is 47.4 Å². The van der Waals surface area contributed by atoms with Crippen LogP contribution < -0.4 is 4.72 Å². The second-order valence-electron chi connectivity index (χ2n) is 3.96. The number of halogens is 2. The van der Waals surface area contributed by atoms with Gasteiger partial charge in [0.15, 0.2) is 0 Å². The third-order valence-electron chi connectivity index (χ3n) is 2.53. The van der Waals surface area contributed by atoms with Crippen molar-refractivity contribution in [2.24, 2.45) is 0 Å². The summed E-state index contributed by atoms with van der Waals surface area (Å²) < 4.78 is 26.7. The molecule has 2 aromatic carbocycles. The van der Waals surface area contributed by atoms with Crippen LogP contribution in [-0.2, 0) is 10.0 Å². The molecule has 2 rings (SSSR count). The lowest BCUT2D eigenvalue weighted by molar-refractivity contribution is -0.385. The lowest BCUT2D eigenvalue weighted by Crippen LogP contribution is -2.13. The topological polar surface area (TPSA) is 89.3 Å². The van der Waals surface area contributed by atoms with Crippen molar-refractivity contribution in [3.63, 3.8) is 0 Å². The predicted octanol–water partition coefficient (Wildman–Crippen LogP) is 3.70. The zero-order chi connectivity index (χ0) is 15.6. The Bertz CT molecular complexity index is 809. The summed E-state index contributed by atoms with van der Waals surface area (Å²) >= 11 is 11.7. The molecule has 0 saturated heterocycles. The summed E-state index contributed by atoms with van der Waals surface area (Å²) in [6.45, 7) is 0. The zero-order valence-electron chi connectivity index (χ0n) is 10.3. The molecule has 0 radical (unpaired) electrons. The fourth-order valence-electron chi connectivity index (χ4n) is 1.55. The molecule has 6 nitrogen and oxygen atoms in total. The van der Waals surface area contributed by atoms with Gasteiger partial charge in [-0.15, -0.1) is 0 Å². The Morgan fingerprint density at radius 2 is 1.76 bits per heavy atom. The van der Waals surface area contributed by atoms with Crippen LogP contribution >= 0.6 is 23.2 Å². The van der Waals surface area contributed by atoms with Gasteiger partial charge in [-0.1, -0.05) is 35.3 Å². The first kappa shape index (κ1) is 15.6. The Hall–Kier alpha value is -1.83. The molecule has 0 aliphatic heterocycles. The molecule has 0 amide bonds. The minimum atomic E-state index is -4.01. The highest BCUT2D eigenvalue weighted by atomic mass is 35.5. The second kappa shape index (κ2) is 5.88. The Morgan fingerprint density at radius 3 is 2.43 bits per heavy atom. The number of benzene rings is 2. The average Bonchev–Trinajstić information content (AvgIpc) is 2.44. The van der Waals surface area contributed by atoms with Crippen molar-refractivity contribution in [3.8, 4) is 0 Å². The first-order chi connectivity index (χ1) is 9.81. The van der Waals surface area contributed by atoms with Crippen LogP contribution in [0, 0.1) is 10.1 Å². The van der Waals surface area contributed by atoms with E-state index in [4.69, 9.17) is 23.2 Å². The molecule has 0 spiro atoms. The van der Waals surface area contributed by atoms with Gasteiger partial charge in [-0.25, -0.2) is 8.42 Å². The summed E-state index contributed by atoms with van der Waals surface area (Å²) in [6.07, 6.45) is 0. The monoisotopic (exact) mass is 346 g/mol. The highest BCUT2D eigenvalue weighted by molar-refractivity contribution is 7.92. The molecular weight excluding hydrogens is 339 g/mol. The van der Waals surface area contributed by atoms with Crippen LogP contribution in [0.4, 0.5) is 11.4 Å². The molecule has 21 heavy (non-hydrogen) atoms. The van der Waals surface area contributed by atoms with Crippen molar-refractivity contribution >= 4 is 44.6 Å². The number of non-ortho nitro benzene ring substituents is 1. The number of nitrogens with zero attached hydrogens (tertiary/aromatic N) is 1. The van der Waals surface area contributed by atoms with Gasteiger partial charge in [0.2, 0.25) is 0 Å². The first-order valence-electron chi connectivity index (χ1n) is 5.52. The van der Waals surface area contributed by atoms with Gasteiger partial charge in [-0.2, -0.15) is 0 Å². The Kier molecular flexibility index (Phi) is 4.36. The van der Waals surface area contributed by atoms with Gasteiger partial charge in [0.1, 0.15) is 0 Å². The molecule has 0 atom stereocenters. The number of nitro benzene ring substituents is 1. The van der Waals surface area contributed by atoms with Crippen LogP contribution in [0.1, 0.15) is 0 Å². The number of sulfonamides is 1. The van der Waals surface area contributed by atoms with Crippen molar-refractivity contribution in [2.45, 2.75) is 4.90 Å². The summed E-state index contributed by atoms with van der Waals surface area (Å²) in [5.41, 5.74) is -0.231. The van der Waals surface area contributed by atoms with Gasteiger partial charge < -0.3 is 0 Å². The maximum Gasteiger partial charge on any atom is 0.270 e. The number of hydrogen-bond donors (Lipinski definition) is 1. The third kappa shape index (κ3) is 3.44. The fraction of sp³-hybridized carbons (Fsp3) is 0. The van der Waals surface area contributed by atoms with E-state index in [0.717, 1.165) is 6.07 Å². The molecule has 110 valence electrons. The van der Waals surface area contributed by atoms with Crippen LogP contribution in [0.5, 0.6) is 0 Å². The molecule has 1 N–H and O–H groups in total. The maximum atomic E-state index is 12.2. The Labute approximate surface area is 130 Å². The Balaban J connectivity index is 2.41. The fourth-order valence-corrected chi connectivity index (χ4v) is 3.07.